The van der Waals surface area contributed by atoms with Gasteiger partial charge in [-0.1, -0.05) is 13.3 Å². The fourth-order valence-electron chi connectivity index (χ4n) is 4.46. The van der Waals surface area contributed by atoms with E-state index < -0.39 is 0 Å². The normalized spacial score (nSPS) is 41.8. The zero-order valence-corrected chi connectivity index (χ0v) is 12.8. The minimum atomic E-state index is 0.288. The molecule has 1 saturated carbocycles. The maximum absolute atomic E-state index is 6.26. The fourth-order valence-corrected chi connectivity index (χ4v) is 4.46. The lowest BCUT2D eigenvalue weighted by Gasteiger charge is -2.45. The van der Waals surface area contributed by atoms with E-state index in [0.717, 1.165) is 24.5 Å². The predicted octanol–water partition coefficient (Wildman–Crippen LogP) is 2.06. The minimum Gasteiger partial charge on any atom is -0.329 e. The van der Waals surface area contributed by atoms with Crippen molar-refractivity contribution in [3.63, 3.8) is 0 Å². The Bertz CT molecular complexity index is 315. The lowest BCUT2D eigenvalue weighted by Crippen LogP contribution is -2.58. The zero-order valence-electron chi connectivity index (χ0n) is 12.8. The van der Waals surface area contributed by atoms with E-state index in [9.17, 15) is 0 Å². The molecule has 3 fully saturated rings. The molecule has 3 rings (SSSR count). The molecule has 0 radical (unpaired) electrons. The number of nitrogens with zero attached hydrogens (tertiary/aromatic N) is 2. The quantitative estimate of drug-likeness (QED) is 0.844. The largest absolute Gasteiger partial charge is 0.329 e. The first-order valence-corrected chi connectivity index (χ1v) is 8.39. The molecule has 0 aromatic carbocycles. The Morgan fingerprint density at radius 1 is 1.26 bits per heavy atom. The van der Waals surface area contributed by atoms with Gasteiger partial charge in [0.15, 0.2) is 0 Å². The van der Waals surface area contributed by atoms with Crippen LogP contribution in [0.25, 0.3) is 0 Å². The van der Waals surface area contributed by atoms with Crippen LogP contribution >= 0.6 is 0 Å². The van der Waals surface area contributed by atoms with Crippen LogP contribution in [0.15, 0.2) is 0 Å². The summed E-state index contributed by atoms with van der Waals surface area (Å²) in [5.41, 5.74) is 6.55. The van der Waals surface area contributed by atoms with Crippen LogP contribution in [0.5, 0.6) is 0 Å². The number of piperidine rings is 1. The molecule has 0 aromatic rings. The van der Waals surface area contributed by atoms with Crippen molar-refractivity contribution in [2.24, 2.45) is 11.7 Å². The summed E-state index contributed by atoms with van der Waals surface area (Å²) in [7, 11) is 0. The maximum Gasteiger partial charge on any atom is 0.0473 e. The molecule has 1 aliphatic carbocycles. The summed E-state index contributed by atoms with van der Waals surface area (Å²) in [6.45, 7) is 9.40. The Hall–Kier alpha value is -0.120. The third-order valence-electron chi connectivity index (χ3n) is 5.88. The Balaban J connectivity index is 1.72. The molecule has 2 aliphatic heterocycles. The number of nitrogens with two attached hydrogens (primary N) is 1. The number of likely N-dealkylation sites (tertiary alicyclic amines) is 2. The topological polar surface area (TPSA) is 32.5 Å². The van der Waals surface area contributed by atoms with Gasteiger partial charge in [-0.3, -0.25) is 9.80 Å². The highest BCUT2D eigenvalue weighted by Crippen LogP contribution is 2.40. The molecule has 110 valence electrons. The van der Waals surface area contributed by atoms with Crippen LogP contribution in [0.2, 0.25) is 0 Å². The standard InChI is InChI=1S/C16H31N3/c1-3-14-5-4-8-18(10-14)16(11-17)9-13(2)19(12-16)15-6-7-15/h13-15H,3-12,17H2,1-2H3. The molecule has 0 bridgehead atoms. The first-order chi connectivity index (χ1) is 9.18. The molecule has 3 heteroatoms. The van der Waals surface area contributed by atoms with Crippen LogP contribution in [-0.4, -0.2) is 53.6 Å². The van der Waals surface area contributed by atoms with Crippen molar-refractivity contribution in [2.75, 3.05) is 26.2 Å². The smallest absolute Gasteiger partial charge is 0.0473 e. The summed E-state index contributed by atoms with van der Waals surface area (Å²) in [4.78, 5) is 5.52. The molecule has 0 amide bonds. The first-order valence-electron chi connectivity index (χ1n) is 8.39. The van der Waals surface area contributed by atoms with Crippen molar-refractivity contribution in [1.29, 1.82) is 0 Å². The molecule has 0 aromatic heterocycles. The lowest BCUT2D eigenvalue weighted by atomic mass is 9.87. The molecule has 3 aliphatic rings. The number of rotatable bonds is 4. The van der Waals surface area contributed by atoms with Gasteiger partial charge in [0.05, 0.1) is 0 Å². The molecule has 3 atom stereocenters. The summed E-state index contributed by atoms with van der Waals surface area (Å²) < 4.78 is 0. The van der Waals surface area contributed by atoms with E-state index in [0.29, 0.717) is 0 Å². The van der Waals surface area contributed by atoms with E-state index in [1.54, 1.807) is 0 Å². The van der Waals surface area contributed by atoms with Crippen molar-refractivity contribution in [1.82, 2.24) is 9.80 Å². The molecule has 3 nitrogen and oxygen atoms in total. The molecular formula is C16H31N3. The first kappa shape index (κ1) is 13.8. The van der Waals surface area contributed by atoms with Crippen LogP contribution in [0, 0.1) is 5.92 Å². The maximum atomic E-state index is 6.26. The van der Waals surface area contributed by atoms with Crippen molar-refractivity contribution >= 4 is 0 Å². The third kappa shape index (κ3) is 2.57. The van der Waals surface area contributed by atoms with Crippen LogP contribution in [0.1, 0.15) is 52.4 Å². The molecule has 0 spiro atoms. The van der Waals surface area contributed by atoms with Crippen molar-refractivity contribution < 1.29 is 0 Å². The van der Waals surface area contributed by atoms with E-state index >= 15 is 0 Å². The number of hydrogen-bond acceptors (Lipinski definition) is 3. The van der Waals surface area contributed by atoms with Gasteiger partial charge in [0.1, 0.15) is 0 Å². The number of hydrogen-bond donors (Lipinski definition) is 1. The highest BCUT2D eigenvalue weighted by atomic mass is 15.3. The van der Waals surface area contributed by atoms with Gasteiger partial charge >= 0.3 is 0 Å². The third-order valence-corrected chi connectivity index (χ3v) is 5.88. The molecule has 2 heterocycles. The molecule has 3 unspecified atom stereocenters. The van der Waals surface area contributed by atoms with Gasteiger partial charge in [-0.2, -0.15) is 0 Å². The summed E-state index contributed by atoms with van der Waals surface area (Å²) in [5.74, 6) is 0.905. The second-order valence-corrected chi connectivity index (χ2v) is 7.25. The van der Waals surface area contributed by atoms with Crippen LogP contribution in [0.3, 0.4) is 0 Å². The average Bonchev–Trinajstić information content (AvgIpc) is 3.23. The van der Waals surface area contributed by atoms with Crippen LogP contribution in [0.4, 0.5) is 0 Å². The van der Waals surface area contributed by atoms with Gasteiger partial charge in [-0.15, -0.1) is 0 Å². The summed E-state index contributed by atoms with van der Waals surface area (Å²) in [5, 5.41) is 0. The highest BCUT2D eigenvalue weighted by molar-refractivity contribution is 5.07. The van der Waals surface area contributed by atoms with Crippen molar-refractivity contribution in [3.8, 4) is 0 Å². The molecule has 19 heavy (non-hydrogen) atoms. The van der Waals surface area contributed by atoms with Gasteiger partial charge in [0.2, 0.25) is 0 Å². The van der Waals surface area contributed by atoms with Crippen LogP contribution < -0.4 is 5.73 Å². The van der Waals surface area contributed by atoms with E-state index in [4.69, 9.17) is 5.73 Å². The molecular weight excluding hydrogens is 234 g/mol. The second-order valence-electron chi connectivity index (χ2n) is 7.25. The van der Waals surface area contributed by atoms with Crippen LogP contribution in [-0.2, 0) is 0 Å². The summed E-state index contributed by atoms with van der Waals surface area (Å²) in [6, 6.07) is 1.62. The lowest BCUT2D eigenvalue weighted by molar-refractivity contribution is 0.0507. The second kappa shape index (κ2) is 5.34. The summed E-state index contributed by atoms with van der Waals surface area (Å²) >= 11 is 0. The van der Waals surface area contributed by atoms with Gasteiger partial charge in [0, 0.05) is 37.3 Å². The van der Waals surface area contributed by atoms with Gasteiger partial charge < -0.3 is 5.73 Å². The monoisotopic (exact) mass is 265 g/mol. The fraction of sp³-hybridized carbons (Fsp3) is 1.00. The Kier molecular flexibility index (Phi) is 3.89. The Labute approximate surface area is 118 Å². The predicted molar refractivity (Wildman–Crippen MR) is 80.2 cm³/mol. The van der Waals surface area contributed by atoms with E-state index in [1.165, 1.54) is 58.2 Å². The van der Waals surface area contributed by atoms with Gasteiger partial charge in [0.25, 0.3) is 0 Å². The summed E-state index contributed by atoms with van der Waals surface area (Å²) in [6.07, 6.45) is 8.26. The van der Waals surface area contributed by atoms with E-state index in [1.807, 2.05) is 0 Å². The average molecular weight is 265 g/mol. The Morgan fingerprint density at radius 2 is 2.05 bits per heavy atom. The minimum absolute atomic E-state index is 0.288. The molecule has 2 saturated heterocycles. The van der Waals surface area contributed by atoms with E-state index in [2.05, 4.69) is 23.6 Å². The van der Waals surface area contributed by atoms with Gasteiger partial charge in [-0.05, 0) is 51.5 Å². The SMILES string of the molecule is CCC1CCCN(C2(CN)CC(C)N(C3CC3)C2)C1. The Morgan fingerprint density at radius 3 is 2.68 bits per heavy atom. The van der Waals surface area contributed by atoms with Gasteiger partial charge in [-0.25, -0.2) is 0 Å². The molecule has 2 N–H and O–H groups in total. The zero-order chi connectivity index (χ0) is 13.5. The highest BCUT2D eigenvalue weighted by Gasteiger charge is 2.49. The van der Waals surface area contributed by atoms with Crippen molar-refractivity contribution in [2.45, 2.75) is 70.0 Å². The van der Waals surface area contributed by atoms with E-state index in [-0.39, 0.29) is 5.54 Å². The van der Waals surface area contributed by atoms with Crippen molar-refractivity contribution in [3.05, 3.63) is 0 Å².